The molecule has 0 radical (unpaired) electrons. The molecule has 0 bridgehead atoms. The SMILES string of the molecule is Cc1cc(C)cc(-c2ccc3c(c2)c2cc(-c4cc(C)cc(C(F)(F)F)c4)ccc2n3-c2cc(-c3ccncc3)cc(-n3c4ccc(-c5cc(C)cc(C(F)(F)F)c5)cc4c4cc(-c5cc(C(F)(F)F)cc(C(F)(F)F)c5)ccc43)c2C#N)c1. The first-order chi connectivity index (χ1) is 39.7. The van der Waals surface area contributed by atoms with Gasteiger partial charge in [-0.2, -0.15) is 57.9 Å². The van der Waals surface area contributed by atoms with Crippen molar-refractivity contribution in [3.05, 3.63) is 232 Å². The second kappa shape index (κ2) is 19.8. The van der Waals surface area contributed by atoms with Crippen LogP contribution >= 0.6 is 0 Å². The van der Waals surface area contributed by atoms with E-state index in [1.165, 1.54) is 25.1 Å². The van der Waals surface area contributed by atoms with Gasteiger partial charge in [-0.3, -0.25) is 4.98 Å². The Morgan fingerprint density at radius 3 is 0.917 bits per heavy atom. The molecule has 3 aromatic heterocycles. The lowest BCUT2D eigenvalue weighted by Gasteiger charge is -2.19. The number of alkyl halides is 12. The normalized spacial score (nSPS) is 12.5. The van der Waals surface area contributed by atoms with Crippen LogP contribution in [0.1, 0.15) is 50.1 Å². The third-order valence-corrected chi connectivity index (χ3v) is 15.2. The Morgan fingerprint density at radius 2 is 0.595 bits per heavy atom. The van der Waals surface area contributed by atoms with Gasteiger partial charge in [0.2, 0.25) is 0 Å². The van der Waals surface area contributed by atoms with E-state index < -0.39 is 52.5 Å². The highest BCUT2D eigenvalue weighted by atomic mass is 19.4. The molecule has 12 aromatic rings. The maximum absolute atomic E-state index is 14.3. The van der Waals surface area contributed by atoms with Gasteiger partial charge in [0.25, 0.3) is 0 Å². The number of halogens is 12. The van der Waals surface area contributed by atoms with E-state index in [-0.39, 0.29) is 33.8 Å². The number of pyridine rings is 1. The summed E-state index contributed by atoms with van der Waals surface area (Å²) in [5.41, 5.74) is 4.25. The van der Waals surface area contributed by atoms with Gasteiger partial charge in [-0.25, -0.2) is 0 Å². The number of aromatic nitrogens is 3. The molecule has 0 aliphatic carbocycles. The van der Waals surface area contributed by atoms with E-state index >= 15 is 0 Å². The molecule has 4 nitrogen and oxygen atoms in total. The zero-order chi connectivity index (χ0) is 59.5. The van der Waals surface area contributed by atoms with E-state index in [0.717, 1.165) is 46.5 Å². The van der Waals surface area contributed by atoms with Gasteiger partial charge in [-0.05, 0) is 210 Å². The summed E-state index contributed by atoms with van der Waals surface area (Å²) < 4.78 is 175. The molecule has 3 heterocycles. The molecule has 9 aromatic carbocycles. The van der Waals surface area contributed by atoms with Crippen LogP contribution in [-0.4, -0.2) is 14.1 Å². The number of fused-ring (bicyclic) bond motifs is 6. The Balaban J connectivity index is 1.17. The summed E-state index contributed by atoms with van der Waals surface area (Å²) in [4.78, 5) is 4.23. The molecule has 0 spiro atoms. The zero-order valence-corrected chi connectivity index (χ0v) is 44.6. The number of aryl methyl sites for hydroxylation is 4. The van der Waals surface area contributed by atoms with Crippen LogP contribution in [0.3, 0.4) is 0 Å². The number of hydrogen-bond donors (Lipinski definition) is 0. The number of nitrogens with zero attached hydrogens (tertiary/aromatic N) is 4. The first-order valence-corrected chi connectivity index (χ1v) is 26.1. The summed E-state index contributed by atoms with van der Waals surface area (Å²) >= 11 is 0. The maximum Gasteiger partial charge on any atom is 0.416 e. The van der Waals surface area contributed by atoms with E-state index in [4.69, 9.17) is 0 Å². The van der Waals surface area contributed by atoms with E-state index in [9.17, 15) is 57.9 Å². The largest absolute Gasteiger partial charge is 0.416 e. The molecule has 0 fully saturated rings. The van der Waals surface area contributed by atoms with Gasteiger partial charge >= 0.3 is 24.7 Å². The van der Waals surface area contributed by atoms with Gasteiger partial charge in [0.1, 0.15) is 11.6 Å². The molecule has 0 aliphatic heterocycles. The first kappa shape index (κ1) is 54.9. The first-order valence-electron chi connectivity index (χ1n) is 26.1. The molecule has 0 saturated carbocycles. The van der Waals surface area contributed by atoms with Crippen molar-refractivity contribution in [3.63, 3.8) is 0 Å². The van der Waals surface area contributed by atoms with Crippen LogP contribution in [0, 0.1) is 39.0 Å². The highest BCUT2D eigenvalue weighted by molar-refractivity contribution is 6.14. The lowest BCUT2D eigenvalue weighted by atomic mass is 9.96. The topological polar surface area (TPSA) is 46.5 Å². The third kappa shape index (κ3) is 9.96. The second-order valence-electron chi connectivity index (χ2n) is 21.2. The Kier molecular flexibility index (Phi) is 12.9. The van der Waals surface area contributed by atoms with Crippen LogP contribution in [0.5, 0.6) is 0 Å². The molecule has 0 aliphatic rings. The van der Waals surface area contributed by atoms with E-state index in [1.54, 1.807) is 84.5 Å². The molecule has 84 heavy (non-hydrogen) atoms. The van der Waals surface area contributed by atoms with Crippen molar-refractivity contribution >= 4 is 43.6 Å². The predicted octanol–water partition coefficient (Wildman–Crippen LogP) is 20.8. The third-order valence-electron chi connectivity index (χ3n) is 15.2. The van der Waals surface area contributed by atoms with Crippen LogP contribution in [0.25, 0.3) is 111 Å². The quantitative estimate of drug-likeness (QED) is 0.149. The monoisotopic (exact) mass is 1140 g/mol. The molecule has 0 N–H and O–H groups in total. The maximum atomic E-state index is 14.3. The van der Waals surface area contributed by atoms with Gasteiger partial charge < -0.3 is 9.13 Å². The van der Waals surface area contributed by atoms with Crippen LogP contribution in [0.15, 0.2) is 182 Å². The van der Waals surface area contributed by atoms with E-state index in [2.05, 4.69) is 11.1 Å². The minimum Gasteiger partial charge on any atom is -0.308 e. The van der Waals surface area contributed by atoms with Crippen molar-refractivity contribution in [1.82, 2.24) is 14.1 Å². The van der Waals surface area contributed by atoms with Gasteiger partial charge in [0.05, 0.1) is 55.7 Å². The van der Waals surface area contributed by atoms with Gasteiger partial charge in [0, 0.05) is 33.9 Å². The lowest BCUT2D eigenvalue weighted by molar-refractivity contribution is -0.143. The summed E-state index contributed by atoms with van der Waals surface area (Å²) in [6.07, 6.45) is -16.5. The second-order valence-corrected chi connectivity index (χ2v) is 21.2. The summed E-state index contributed by atoms with van der Waals surface area (Å²) in [6, 6.07) is 44.7. The molecule has 0 atom stereocenters. The number of hydrogen-bond acceptors (Lipinski definition) is 2. The van der Waals surface area contributed by atoms with Gasteiger partial charge in [0.15, 0.2) is 0 Å². The molecule has 0 amide bonds. The summed E-state index contributed by atoms with van der Waals surface area (Å²) in [7, 11) is 0. The molecular weight excluding hydrogens is 1100 g/mol. The lowest BCUT2D eigenvalue weighted by Crippen LogP contribution is -2.11. The number of nitriles is 1. The highest BCUT2D eigenvalue weighted by Gasteiger charge is 2.38. The van der Waals surface area contributed by atoms with Gasteiger partial charge in [-0.1, -0.05) is 65.7 Å². The predicted molar refractivity (Wildman–Crippen MR) is 304 cm³/mol. The Morgan fingerprint density at radius 1 is 0.310 bits per heavy atom. The average Bonchev–Trinajstić information content (AvgIpc) is 1.74. The van der Waals surface area contributed by atoms with Crippen LogP contribution in [0.4, 0.5) is 52.7 Å². The average molecular weight is 1140 g/mol. The van der Waals surface area contributed by atoms with Crippen molar-refractivity contribution in [3.8, 4) is 73.1 Å². The Bertz CT molecular complexity index is 4670. The number of benzene rings is 9. The van der Waals surface area contributed by atoms with Gasteiger partial charge in [-0.15, -0.1) is 0 Å². The van der Waals surface area contributed by atoms with Crippen molar-refractivity contribution in [1.29, 1.82) is 5.26 Å². The molecule has 418 valence electrons. The Labute approximate surface area is 471 Å². The standard InChI is InChI=1S/C68H42F12N4/c1-36-17-37(2)19-45(18-36)41-5-9-59-54(28-41)55-29-42(46-20-38(3)22-50(24-46)65(69,70)71)6-10-60(55)83(59)63-32-49(40-13-15-82-16-14-40)33-64(58(63)35-81)84-61-11-7-43(47-21-39(4)23-51(25-47)66(72,73)74)30-56(61)57-31-44(8-12-62(57)84)48-26-52(67(75,76)77)34-53(27-48)68(78,79)80/h5-34H,1-4H3. The minimum absolute atomic E-state index is 0.0329. The van der Waals surface area contributed by atoms with E-state index in [1.807, 2.05) is 66.9 Å². The van der Waals surface area contributed by atoms with Crippen LogP contribution in [-0.2, 0) is 24.7 Å². The van der Waals surface area contributed by atoms with E-state index in [0.29, 0.717) is 95.0 Å². The van der Waals surface area contributed by atoms with Crippen LogP contribution in [0.2, 0.25) is 0 Å². The molecular formula is C68H42F12N4. The summed E-state index contributed by atoms with van der Waals surface area (Å²) in [5, 5.41) is 13.7. The fourth-order valence-corrected chi connectivity index (χ4v) is 11.6. The van der Waals surface area contributed by atoms with Crippen molar-refractivity contribution in [2.24, 2.45) is 0 Å². The smallest absolute Gasteiger partial charge is 0.308 e. The van der Waals surface area contributed by atoms with Crippen LogP contribution < -0.4 is 0 Å². The molecule has 0 unspecified atom stereocenters. The van der Waals surface area contributed by atoms with Crippen molar-refractivity contribution in [2.45, 2.75) is 52.4 Å². The molecule has 0 saturated heterocycles. The highest BCUT2D eigenvalue weighted by Crippen LogP contribution is 2.46. The Hall–Kier alpha value is -9.62. The number of rotatable bonds is 7. The minimum atomic E-state index is -5.16. The fraction of sp³-hybridized carbons (Fsp3) is 0.118. The summed E-state index contributed by atoms with van der Waals surface area (Å²) in [5.74, 6) is 0. The fourth-order valence-electron chi connectivity index (χ4n) is 11.6. The summed E-state index contributed by atoms with van der Waals surface area (Å²) in [6.45, 7) is 7.06. The molecule has 16 heteroatoms. The van der Waals surface area contributed by atoms with Crippen molar-refractivity contribution in [2.75, 3.05) is 0 Å². The van der Waals surface area contributed by atoms with Crippen molar-refractivity contribution < 1.29 is 52.7 Å². The molecule has 12 rings (SSSR count). The zero-order valence-electron chi connectivity index (χ0n) is 44.6.